The SMILES string of the molecule is Cc1c(Cl)c(C(F)(F)F)nn1CCCNC(=S)Nc1ccccc1OC(F)F. The van der Waals surface area contributed by atoms with E-state index in [2.05, 4.69) is 20.5 Å². The molecular formula is C16H16ClF5N4OS. The molecule has 1 aromatic carbocycles. The Bertz CT molecular complexity index is 828. The van der Waals surface area contributed by atoms with E-state index >= 15 is 0 Å². The molecule has 0 spiro atoms. The zero-order valence-corrected chi connectivity index (χ0v) is 16.1. The monoisotopic (exact) mass is 442 g/mol. The summed E-state index contributed by atoms with van der Waals surface area (Å²) < 4.78 is 68.8. The van der Waals surface area contributed by atoms with Crippen molar-refractivity contribution in [1.82, 2.24) is 15.1 Å². The molecule has 0 bridgehead atoms. The molecule has 0 aliphatic rings. The molecule has 0 aliphatic carbocycles. The van der Waals surface area contributed by atoms with Crippen LogP contribution in [0.3, 0.4) is 0 Å². The molecule has 28 heavy (non-hydrogen) atoms. The molecule has 0 saturated heterocycles. The van der Waals surface area contributed by atoms with Crippen molar-refractivity contribution in [3.05, 3.63) is 40.7 Å². The number of rotatable bonds is 7. The number of para-hydroxylation sites is 2. The van der Waals surface area contributed by atoms with Crippen LogP contribution >= 0.6 is 23.8 Å². The van der Waals surface area contributed by atoms with E-state index in [4.69, 9.17) is 23.8 Å². The first kappa shape index (κ1) is 22.2. The molecule has 1 heterocycles. The highest BCUT2D eigenvalue weighted by Gasteiger charge is 2.38. The van der Waals surface area contributed by atoms with E-state index in [0.717, 1.165) is 0 Å². The fourth-order valence-corrected chi connectivity index (χ4v) is 2.74. The van der Waals surface area contributed by atoms with Crippen LogP contribution in [0, 0.1) is 6.92 Å². The smallest absolute Gasteiger partial charge is 0.433 e. The number of hydrogen-bond donors (Lipinski definition) is 2. The van der Waals surface area contributed by atoms with E-state index in [0.29, 0.717) is 13.0 Å². The largest absolute Gasteiger partial charge is 0.436 e. The lowest BCUT2D eigenvalue weighted by Crippen LogP contribution is -2.30. The first-order valence-corrected chi connectivity index (χ1v) is 8.77. The molecule has 2 aromatic rings. The minimum atomic E-state index is -4.62. The minimum absolute atomic E-state index is 0.0665. The molecule has 0 fully saturated rings. The number of hydrogen-bond acceptors (Lipinski definition) is 3. The summed E-state index contributed by atoms with van der Waals surface area (Å²) >= 11 is 10.8. The van der Waals surface area contributed by atoms with Gasteiger partial charge in [-0.2, -0.15) is 27.1 Å². The maximum absolute atomic E-state index is 12.8. The highest BCUT2D eigenvalue weighted by atomic mass is 35.5. The van der Waals surface area contributed by atoms with E-state index in [-0.39, 0.29) is 28.8 Å². The van der Waals surface area contributed by atoms with Gasteiger partial charge in [-0.05, 0) is 37.7 Å². The number of nitrogens with zero attached hydrogens (tertiary/aromatic N) is 2. The normalized spacial score (nSPS) is 11.6. The maximum atomic E-state index is 12.8. The van der Waals surface area contributed by atoms with Crippen LogP contribution in [0.2, 0.25) is 5.02 Å². The molecule has 0 unspecified atom stereocenters. The number of aryl methyl sites for hydroxylation is 1. The molecular weight excluding hydrogens is 427 g/mol. The van der Waals surface area contributed by atoms with Crippen LogP contribution in [0.4, 0.5) is 27.6 Å². The van der Waals surface area contributed by atoms with Gasteiger partial charge in [-0.1, -0.05) is 23.7 Å². The van der Waals surface area contributed by atoms with Crippen molar-refractivity contribution in [2.45, 2.75) is 32.7 Å². The van der Waals surface area contributed by atoms with Crippen LogP contribution in [-0.2, 0) is 12.7 Å². The van der Waals surface area contributed by atoms with Gasteiger partial charge in [0, 0.05) is 13.1 Å². The predicted octanol–water partition coefficient (Wildman–Crippen LogP) is 4.84. The van der Waals surface area contributed by atoms with Gasteiger partial charge < -0.3 is 15.4 Å². The van der Waals surface area contributed by atoms with Crippen molar-refractivity contribution in [3.63, 3.8) is 0 Å². The van der Waals surface area contributed by atoms with Crippen LogP contribution in [0.25, 0.3) is 0 Å². The molecule has 0 radical (unpaired) electrons. The Hall–Kier alpha value is -2.14. The summed E-state index contributed by atoms with van der Waals surface area (Å²) in [6.07, 6.45) is -4.22. The predicted molar refractivity (Wildman–Crippen MR) is 98.9 cm³/mol. The summed E-state index contributed by atoms with van der Waals surface area (Å²) in [6.45, 7) is -1.04. The number of alkyl halides is 5. The number of thiocarbonyl (C=S) groups is 1. The van der Waals surface area contributed by atoms with E-state index in [1.165, 1.54) is 29.8 Å². The van der Waals surface area contributed by atoms with Crippen LogP contribution in [0.5, 0.6) is 5.75 Å². The van der Waals surface area contributed by atoms with Gasteiger partial charge in [0.05, 0.1) is 16.4 Å². The average Bonchev–Trinajstić information content (AvgIpc) is 2.88. The third-order valence-electron chi connectivity index (χ3n) is 3.59. The second-order valence-electron chi connectivity index (χ2n) is 5.58. The summed E-state index contributed by atoms with van der Waals surface area (Å²) in [5, 5.41) is 8.79. The van der Waals surface area contributed by atoms with Crippen molar-refractivity contribution in [2.75, 3.05) is 11.9 Å². The van der Waals surface area contributed by atoms with Crippen LogP contribution in [0.15, 0.2) is 24.3 Å². The van der Waals surface area contributed by atoms with Gasteiger partial charge in [0.2, 0.25) is 0 Å². The Labute approximate surface area is 167 Å². The quantitative estimate of drug-likeness (QED) is 0.365. The zero-order valence-electron chi connectivity index (χ0n) is 14.5. The highest BCUT2D eigenvalue weighted by molar-refractivity contribution is 7.80. The summed E-state index contributed by atoms with van der Waals surface area (Å²) in [6, 6.07) is 6.02. The maximum Gasteiger partial charge on any atom is 0.436 e. The Morgan fingerprint density at radius 2 is 2.00 bits per heavy atom. The van der Waals surface area contributed by atoms with Crippen LogP contribution in [0.1, 0.15) is 17.8 Å². The molecule has 0 atom stereocenters. The van der Waals surface area contributed by atoms with Gasteiger partial charge in [0.1, 0.15) is 5.75 Å². The first-order chi connectivity index (χ1) is 13.1. The summed E-state index contributed by atoms with van der Waals surface area (Å²) in [4.78, 5) is 0. The molecule has 154 valence electrons. The number of benzene rings is 1. The minimum Gasteiger partial charge on any atom is -0.433 e. The molecule has 1 aromatic heterocycles. The fourth-order valence-electron chi connectivity index (χ4n) is 2.29. The van der Waals surface area contributed by atoms with E-state index in [9.17, 15) is 22.0 Å². The molecule has 2 N–H and O–H groups in total. The van der Waals surface area contributed by atoms with Crippen LogP contribution in [-0.4, -0.2) is 28.0 Å². The van der Waals surface area contributed by atoms with Gasteiger partial charge in [-0.3, -0.25) is 4.68 Å². The Morgan fingerprint density at radius 1 is 1.32 bits per heavy atom. The molecule has 12 heteroatoms. The van der Waals surface area contributed by atoms with Crippen molar-refractivity contribution in [3.8, 4) is 5.75 Å². The molecule has 0 saturated carbocycles. The number of halogens is 6. The van der Waals surface area contributed by atoms with Crippen molar-refractivity contribution in [1.29, 1.82) is 0 Å². The van der Waals surface area contributed by atoms with Gasteiger partial charge in [0.15, 0.2) is 10.8 Å². The third-order valence-corrected chi connectivity index (χ3v) is 4.28. The van der Waals surface area contributed by atoms with E-state index in [1.54, 1.807) is 6.07 Å². The number of anilines is 1. The second-order valence-corrected chi connectivity index (χ2v) is 6.36. The van der Waals surface area contributed by atoms with Gasteiger partial charge >= 0.3 is 12.8 Å². The third kappa shape index (κ3) is 5.93. The molecule has 0 aliphatic heterocycles. The Kier molecular flexibility index (Phi) is 7.41. The van der Waals surface area contributed by atoms with Crippen molar-refractivity contribution in [2.24, 2.45) is 0 Å². The average molecular weight is 443 g/mol. The highest BCUT2D eigenvalue weighted by Crippen LogP contribution is 2.35. The lowest BCUT2D eigenvalue weighted by atomic mass is 10.3. The lowest BCUT2D eigenvalue weighted by molar-refractivity contribution is -0.141. The summed E-state index contributed by atoms with van der Waals surface area (Å²) in [5.74, 6) is -0.0665. The second kappa shape index (κ2) is 9.37. The van der Waals surface area contributed by atoms with Gasteiger partial charge in [0.25, 0.3) is 0 Å². The van der Waals surface area contributed by atoms with Crippen molar-refractivity contribution < 1.29 is 26.7 Å². The molecule has 0 amide bonds. The fraction of sp³-hybridized carbons (Fsp3) is 0.375. The lowest BCUT2D eigenvalue weighted by Gasteiger charge is -2.14. The first-order valence-electron chi connectivity index (χ1n) is 7.98. The van der Waals surface area contributed by atoms with Gasteiger partial charge in [-0.15, -0.1) is 0 Å². The number of ether oxygens (including phenoxy) is 1. The number of aromatic nitrogens is 2. The Morgan fingerprint density at radius 3 is 2.61 bits per heavy atom. The Balaban J connectivity index is 1.86. The topological polar surface area (TPSA) is 51.1 Å². The summed E-state index contributed by atoms with van der Waals surface area (Å²) in [7, 11) is 0. The van der Waals surface area contributed by atoms with E-state index < -0.39 is 23.5 Å². The number of nitrogens with one attached hydrogen (secondary N) is 2. The zero-order chi connectivity index (χ0) is 20.9. The van der Waals surface area contributed by atoms with Crippen molar-refractivity contribution >= 4 is 34.6 Å². The summed E-state index contributed by atoms with van der Waals surface area (Å²) in [5.41, 5.74) is -0.648. The van der Waals surface area contributed by atoms with Crippen LogP contribution < -0.4 is 15.4 Å². The van der Waals surface area contributed by atoms with Gasteiger partial charge in [-0.25, -0.2) is 0 Å². The van der Waals surface area contributed by atoms with E-state index in [1.807, 2.05) is 0 Å². The molecule has 2 rings (SSSR count). The molecule has 5 nitrogen and oxygen atoms in total. The standard InChI is InChI=1S/C16H16ClF5N4OS/c1-9-12(17)13(16(20,21)22)25-26(9)8-4-7-23-15(28)24-10-5-2-3-6-11(10)27-14(18)19/h2-3,5-6,14H,4,7-8H2,1H3,(H2,23,24,28).